The van der Waals surface area contributed by atoms with Gasteiger partial charge in [-0.15, -0.1) is 0 Å². The van der Waals surface area contributed by atoms with E-state index in [2.05, 4.69) is 0 Å². The van der Waals surface area contributed by atoms with Crippen LogP contribution in [0.1, 0.15) is 18.4 Å². The summed E-state index contributed by atoms with van der Waals surface area (Å²) in [7, 11) is 0. The SMILES string of the molecule is O=C(O)C1(c2ccc(O)c(F)c2O)CC1. The van der Waals surface area contributed by atoms with Crippen molar-refractivity contribution in [2.45, 2.75) is 18.3 Å². The average Bonchev–Trinajstić information content (AvgIpc) is 2.95. The predicted molar refractivity (Wildman–Crippen MR) is 48.3 cm³/mol. The lowest BCUT2D eigenvalue weighted by Gasteiger charge is -2.12. The molecule has 2 rings (SSSR count). The molecular weight excluding hydrogens is 203 g/mol. The van der Waals surface area contributed by atoms with E-state index in [0.717, 1.165) is 6.07 Å². The maximum atomic E-state index is 13.1. The number of aromatic hydroxyl groups is 2. The smallest absolute Gasteiger partial charge is 0.314 e. The Hall–Kier alpha value is -1.78. The molecule has 0 aromatic heterocycles. The molecule has 0 unspecified atom stereocenters. The Balaban J connectivity index is 2.55. The van der Waals surface area contributed by atoms with Crippen molar-refractivity contribution in [3.05, 3.63) is 23.5 Å². The van der Waals surface area contributed by atoms with E-state index in [9.17, 15) is 14.3 Å². The number of carboxylic acids is 1. The van der Waals surface area contributed by atoms with Gasteiger partial charge in [0.05, 0.1) is 5.41 Å². The van der Waals surface area contributed by atoms with Gasteiger partial charge in [-0.1, -0.05) is 6.07 Å². The van der Waals surface area contributed by atoms with Gasteiger partial charge in [-0.3, -0.25) is 4.79 Å². The Labute approximate surface area is 84.6 Å². The van der Waals surface area contributed by atoms with Crippen molar-refractivity contribution in [2.75, 3.05) is 0 Å². The zero-order chi connectivity index (χ0) is 11.2. The number of halogens is 1. The van der Waals surface area contributed by atoms with Crippen LogP contribution in [0.5, 0.6) is 11.5 Å². The van der Waals surface area contributed by atoms with Gasteiger partial charge >= 0.3 is 5.97 Å². The second-order valence-electron chi connectivity index (χ2n) is 3.68. The number of aliphatic carboxylic acids is 1. The van der Waals surface area contributed by atoms with E-state index < -0.39 is 28.7 Å². The molecule has 0 amide bonds. The van der Waals surface area contributed by atoms with Gasteiger partial charge in [0, 0.05) is 5.56 Å². The van der Waals surface area contributed by atoms with Crippen molar-refractivity contribution in [3.63, 3.8) is 0 Å². The van der Waals surface area contributed by atoms with Crippen molar-refractivity contribution in [2.24, 2.45) is 0 Å². The normalized spacial score (nSPS) is 17.4. The molecule has 1 aromatic rings. The minimum Gasteiger partial charge on any atom is -0.505 e. The van der Waals surface area contributed by atoms with Crippen LogP contribution in [-0.4, -0.2) is 21.3 Å². The van der Waals surface area contributed by atoms with Crippen LogP contribution in [0.2, 0.25) is 0 Å². The summed E-state index contributed by atoms with van der Waals surface area (Å²) in [5.74, 6) is -3.70. The lowest BCUT2D eigenvalue weighted by Crippen LogP contribution is -2.19. The first kappa shape index (κ1) is 9.76. The number of rotatable bonds is 2. The molecule has 0 aliphatic heterocycles. The fourth-order valence-electron chi connectivity index (χ4n) is 1.66. The molecule has 0 heterocycles. The van der Waals surface area contributed by atoms with Crippen LogP contribution < -0.4 is 0 Å². The lowest BCUT2D eigenvalue weighted by molar-refractivity contribution is -0.140. The summed E-state index contributed by atoms with van der Waals surface area (Å²) in [6.07, 6.45) is 0.750. The van der Waals surface area contributed by atoms with Gasteiger partial charge in [0.25, 0.3) is 0 Å². The lowest BCUT2D eigenvalue weighted by atomic mass is 9.95. The molecule has 1 aromatic carbocycles. The second-order valence-corrected chi connectivity index (χ2v) is 3.68. The monoisotopic (exact) mass is 212 g/mol. The highest BCUT2D eigenvalue weighted by atomic mass is 19.1. The fourth-order valence-corrected chi connectivity index (χ4v) is 1.66. The van der Waals surface area contributed by atoms with Crippen LogP contribution in [0.4, 0.5) is 4.39 Å². The summed E-state index contributed by atoms with van der Waals surface area (Å²) in [6.45, 7) is 0. The summed E-state index contributed by atoms with van der Waals surface area (Å²) < 4.78 is 13.1. The standard InChI is InChI=1S/C10H9FO4/c11-7-6(12)2-1-5(8(7)13)10(3-4-10)9(14)15/h1-2,12-13H,3-4H2,(H,14,15). The Morgan fingerprint density at radius 1 is 1.33 bits per heavy atom. The molecule has 1 saturated carbocycles. The third-order valence-electron chi connectivity index (χ3n) is 2.77. The third-order valence-corrected chi connectivity index (χ3v) is 2.77. The van der Waals surface area contributed by atoms with Gasteiger partial charge in [-0.25, -0.2) is 0 Å². The van der Waals surface area contributed by atoms with Crippen LogP contribution >= 0.6 is 0 Å². The van der Waals surface area contributed by atoms with Crippen LogP contribution in [-0.2, 0) is 10.2 Å². The van der Waals surface area contributed by atoms with E-state index in [1.807, 2.05) is 0 Å². The fraction of sp³-hybridized carbons (Fsp3) is 0.300. The number of carbonyl (C=O) groups is 1. The van der Waals surface area contributed by atoms with Gasteiger partial charge in [0.1, 0.15) is 0 Å². The molecule has 1 aliphatic rings. The number of hydrogen-bond donors (Lipinski definition) is 3. The summed E-state index contributed by atoms with van der Waals surface area (Å²) >= 11 is 0. The maximum Gasteiger partial charge on any atom is 0.314 e. The Morgan fingerprint density at radius 2 is 1.93 bits per heavy atom. The van der Waals surface area contributed by atoms with Gasteiger partial charge in [0.2, 0.25) is 5.82 Å². The van der Waals surface area contributed by atoms with Crippen LogP contribution in [0.25, 0.3) is 0 Å². The predicted octanol–water partition coefficient (Wildman–Crippen LogP) is 1.35. The highest BCUT2D eigenvalue weighted by Gasteiger charge is 2.53. The number of phenols is 2. The summed E-state index contributed by atoms with van der Waals surface area (Å²) in [4.78, 5) is 10.9. The van der Waals surface area contributed by atoms with Crippen molar-refractivity contribution in [1.29, 1.82) is 0 Å². The first-order valence-electron chi connectivity index (χ1n) is 4.43. The van der Waals surface area contributed by atoms with E-state index >= 15 is 0 Å². The molecule has 0 atom stereocenters. The quantitative estimate of drug-likeness (QED) is 0.691. The van der Waals surface area contributed by atoms with E-state index in [0.29, 0.717) is 12.8 Å². The van der Waals surface area contributed by atoms with Crippen molar-refractivity contribution >= 4 is 5.97 Å². The zero-order valence-corrected chi connectivity index (χ0v) is 7.70. The molecule has 0 bridgehead atoms. The largest absolute Gasteiger partial charge is 0.505 e. The molecule has 1 aliphatic carbocycles. The summed E-state index contributed by atoms with van der Waals surface area (Å²) in [6, 6.07) is 2.29. The van der Waals surface area contributed by atoms with E-state index in [-0.39, 0.29) is 5.56 Å². The number of hydrogen-bond acceptors (Lipinski definition) is 3. The Kier molecular flexibility index (Phi) is 1.86. The van der Waals surface area contributed by atoms with Crippen LogP contribution in [0.15, 0.2) is 12.1 Å². The minimum atomic E-state index is -1.17. The molecule has 1 fully saturated rings. The molecule has 15 heavy (non-hydrogen) atoms. The molecular formula is C10H9FO4. The summed E-state index contributed by atoms with van der Waals surface area (Å²) in [5.41, 5.74) is -1.14. The van der Waals surface area contributed by atoms with Gasteiger partial charge in [-0.2, -0.15) is 4.39 Å². The zero-order valence-electron chi connectivity index (χ0n) is 7.70. The van der Waals surface area contributed by atoms with Crippen molar-refractivity contribution in [3.8, 4) is 11.5 Å². The van der Waals surface area contributed by atoms with Gasteiger partial charge in [-0.05, 0) is 18.9 Å². The molecule has 80 valence electrons. The average molecular weight is 212 g/mol. The summed E-state index contributed by atoms with van der Waals surface area (Å²) in [5, 5.41) is 27.3. The van der Waals surface area contributed by atoms with Crippen LogP contribution in [0, 0.1) is 5.82 Å². The number of carboxylic acid groups (broad SMARTS) is 1. The Morgan fingerprint density at radius 3 is 2.40 bits per heavy atom. The molecule has 5 heteroatoms. The Bertz CT molecular complexity index is 437. The van der Waals surface area contributed by atoms with Crippen molar-refractivity contribution in [1.82, 2.24) is 0 Å². The highest BCUT2D eigenvalue weighted by Crippen LogP contribution is 2.52. The van der Waals surface area contributed by atoms with Gasteiger partial charge in [0.15, 0.2) is 11.5 Å². The molecule has 0 spiro atoms. The molecule has 4 nitrogen and oxygen atoms in total. The third kappa shape index (κ3) is 1.23. The minimum absolute atomic E-state index is 0.0327. The van der Waals surface area contributed by atoms with Crippen LogP contribution in [0.3, 0.4) is 0 Å². The molecule has 0 radical (unpaired) electrons. The molecule has 0 saturated heterocycles. The number of phenolic OH excluding ortho intramolecular Hbond substituents is 2. The second kappa shape index (κ2) is 2.85. The number of benzene rings is 1. The molecule has 3 N–H and O–H groups in total. The highest BCUT2D eigenvalue weighted by molar-refractivity contribution is 5.86. The van der Waals surface area contributed by atoms with Gasteiger partial charge < -0.3 is 15.3 Å². The topological polar surface area (TPSA) is 77.8 Å². The van der Waals surface area contributed by atoms with E-state index in [1.165, 1.54) is 6.07 Å². The van der Waals surface area contributed by atoms with E-state index in [1.54, 1.807) is 0 Å². The van der Waals surface area contributed by atoms with E-state index in [4.69, 9.17) is 10.2 Å². The maximum absolute atomic E-state index is 13.1. The first-order valence-corrected chi connectivity index (χ1v) is 4.43. The first-order chi connectivity index (χ1) is 6.99. The van der Waals surface area contributed by atoms with Crippen molar-refractivity contribution < 1.29 is 24.5 Å².